The van der Waals surface area contributed by atoms with Crippen molar-refractivity contribution in [2.45, 2.75) is 25.7 Å². The first kappa shape index (κ1) is 14.6. The Kier molecular flexibility index (Phi) is 5.12. The normalized spacial score (nSPS) is 12.9. The van der Waals surface area contributed by atoms with E-state index in [0.29, 0.717) is 6.54 Å². The fraction of sp³-hybridized carbons (Fsp3) is 0.636. The van der Waals surface area contributed by atoms with Gasteiger partial charge >= 0.3 is 0 Å². The average Bonchev–Trinajstić information content (AvgIpc) is 2.78. The van der Waals surface area contributed by atoms with Crippen LogP contribution in [-0.2, 0) is 15.4 Å². The van der Waals surface area contributed by atoms with Crippen molar-refractivity contribution in [3.05, 3.63) is 22.4 Å². The third kappa shape index (κ3) is 4.75. The van der Waals surface area contributed by atoms with E-state index in [1.54, 1.807) is 11.3 Å². The number of aliphatic hydroxyl groups is 1. The highest BCUT2D eigenvalue weighted by molar-refractivity contribution is 7.89. The monoisotopic (exact) mass is 277 g/mol. The van der Waals surface area contributed by atoms with Gasteiger partial charge in [-0.2, -0.15) is 0 Å². The number of rotatable bonds is 7. The van der Waals surface area contributed by atoms with Crippen LogP contribution in [0.3, 0.4) is 0 Å². The first-order valence-corrected chi connectivity index (χ1v) is 8.03. The van der Waals surface area contributed by atoms with Gasteiger partial charge in [0.2, 0.25) is 10.0 Å². The number of thiophene rings is 1. The molecule has 4 nitrogen and oxygen atoms in total. The van der Waals surface area contributed by atoms with Crippen molar-refractivity contribution >= 4 is 21.4 Å². The summed E-state index contributed by atoms with van der Waals surface area (Å²) in [5, 5.41) is 10.6. The van der Waals surface area contributed by atoms with Gasteiger partial charge in [-0.1, -0.05) is 19.9 Å². The molecule has 0 radical (unpaired) electrons. The molecular formula is C11H19NO3S2. The Morgan fingerprint density at radius 2 is 2.18 bits per heavy atom. The minimum Gasteiger partial charge on any atom is -0.396 e. The quantitative estimate of drug-likeness (QED) is 0.790. The van der Waals surface area contributed by atoms with Crippen LogP contribution in [0.25, 0.3) is 0 Å². The summed E-state index contributed by atoms with van der Waals surface area (Å²) in [5.74, 6) is -0.0238. The Labute approximate surface area is 107 Å². The van der Waals surface area contributed by atoms with E-state index in [2.05, 4.69) is 4.72 Å². The lowest BCUT2D eigenvalue weighted by molar-refractivity contribution is 0.295. The zero-order valence-electron chi connectivity index (χ0n) is 10.1. The molecule has 98 valence electrons. The summed E-state index contributed by atoms with van der Waals surface area (Å²) in [4.78, 5) is 1.15. The van der Waals surface area contributed by atoms with E-state index in [1.165, 1.54) is 0 Å². The second-order valence-electron chi connectivity index (χ2n) is 4.58. The molecule has 0 unspecified atom stereocenters. The Balaban J connectivity index is 2.56. The van der Waals surface area contributed by atoms with Crippen LogP contribution in [0.4, 0.5) is 0 Å². The van der Waals surface area contributed by atoms with Gasteiger partial charge in [-0.15, -0.1) is 11.3 Å². The summed E-state index contributed by atoms with van der Waals surface area (Å²) in [7, 11) is -3.27. The summed E-state index contributed by atoms with van der Waals surface area (Å²) in [6.45, 7) is 4.29. The maximum Gasteiger partial charge on any atom is 0.211 e. The highest BCUT2D eigenvalue weighted by atomic mass is 32.2. The van der Waals surface area contributed by atoms with Gasteiger partial charge in [0.15, 0.2) is 0 Å². The molecule has 0 fully saturated rings. The van der Waals surface area contributed by atoms with E-state index in [0.717, 1.165) is 4.88 Å². The van der Waals surface area contributed by atoms with Crippen molar-refractivity contribution < 1.29 is 13.5 Å². The summed E-state index contributed by atoms with van der Waals surface area (Å²) >= 11 is 1.62. The molecule has 1 rings (SSSR count). The zero-order valence-corrected chi connectivity index (χ0v) is 11.8. The predicted octanol–water partition coefficient (Wildman–Crippen LogP) is 1.33. The van der Waals surface area contributed by atoms with Crippen LogP contribution >= 0.6 is 11.3 Å². The van der Waals surface area contributed by atoms with Gasteiger partial charge in [-0.05, 0) is 17.9 Å². The van der Waals surface area contributed by atoms with Gasteiger partial charge in [0.05, 0.1) is 5.75 Å². The summed E-state index contributed by atoms with van der Waals surface area (Å²) in [6, 6.07) is 3.97. The molecule has 17 heavy (non-hydrogen) atoms. The van der Waals surface area contributed by atoms with E-state index in [-0.39, 0.29) is 24.2 Å². The van der Waals surface area contributed by atoms with Gasteiger partial charge in [0.25, 0.3) is 0 Å². The summed E-state index contributed by atoms with van der Waals surface area (Å²) < 4.78 is 25.8. The van der Waals surface area contributed by atoms with Crippen LogP contribution in [0.5, 0.6) is 0 Å². The standard InChI is InChI=1S/C11H19NO3S2/c1-11(2,10-5-3-7-16-10)9-12-17(14,15)8-4-6-13/h3,5,7,12-13H,4,6,8-9H2,1-2H3. The molecule has 0 saturated heterocycles. The largest absolute Gasteiger partial charge is 0.396 e. The second-order valence-corrected chi connectivity index (χ2v) is 7.45. The fourth-order valence-corrected chi connectivity index (χ4v) is 3.45. The Morgan fingerprint density at radius 3 is 2.71 bits per heavy atom. The molecule has 0 atom stereocenters. The molecule has 1 aromatic rings. The van der Waals surface area contributed by atoms with Crippen LogP contribution in [0.15, 0.2) is 17.5 Å². The topological polar surface area (TPSA) is 66.4 Å². The number of aliphatic hydroxyl groups excluding tert-OH is 1. The molecule has 1 aromatic heterocycles. The van der Waals surface area contributed by atoms with Crippen molar-refractivity contribution in [3.63, 3.8) is 0 Å². The zero-order chi connectivity index (χ0) is 12.9. The van der Waals surface area contributed by atoms with Crippen molar-refractivity contribution in [2.24, 2.45) is 0 Å². The van der Waals surface area contributed by atoms with Crippen LogP contribution in [0.2, 0.25) is 0 Å². The van der Waals surface area contributed by atoms with E-state index in [9.17, 15) is 8.42 Å². The number of sulfonamides is 1. The lowest BCUT2D eigenvalue weighted by Crippen LogP contribution is -2.37. The van der Waals surface area contributed by atoms with E-state index >= 15 is 0 Å². The molecule has 6 heteroatoms. The van der Waals surface area contributed by atoms with E-state index < -0.39 is 10.0 Å². The van der Waals surface area contributed by atoms with Crippen molar-refractivity contribution in [3.8, 4) is 0 Å². The smallest absolute Gasteiger partial charge is 0.211 e. The van der Waals surface area contributed by atoms with Gasteiger partial charge in [0.1, 0.15) is 0 Å². The van der Waals surface area contributed by atoms with Crippen LogP contribution in [0.1, 0.15) is 25.1 Å². The van der Waals surface area contributed by atoms with Gasteiger partial charge < -0.3 is 5.11 Å². The van der Waals surface area contributed by atoms with Crippen LogP contribution in [-0.4, -0.2) is 32.4 Å². The number of nitrogens with one attached hydrogen (secondary N) is 1. The molecule has 0 aliphatic carbocycles. The molecule has 0 aromatic carbocycles. The SMILES string of the molecule is CC(C)(CNS(=O)(=O)CCCO)c1cccs1. The molecule has 2 N–H and O–H groups in total. The lowest BCUT2D eigenvalue weighted by atomic mass is 9.92. The van der Waals surface area contributed by atoms with Crippen LogP contribution in [0, 0.1) is 0 Å². The van der Waals surface area contributed by atoms with E-state index in [1.807, 2.05) is 31.4 Å². The van der Waals surface area contributed by atoms with Gasteiger partial charge in [-0.25, -0.2) is 13.1 Å². The second kappa shape index (κ2) is 5.95. The molecule has 0 bridgehead atoms. The summed E-state index contributed by atoms with van der Waals surface area (Å²) in [6.07, 6.45) is 0.273. The molecule has 0 amide bonds. The lowest BCUT2D eigenvalue weighted by Gasteiger charge is -2.23. The number of hydrogen-bond donors (Lipinski definition) is 2. The predicted molar refractivity (Wildman–Crippen MR) is 70.8 cm³/mol. The summed E-state index contributed by atoms with van der Waals surface area (Å²) in [5.41, 5.74) is -0.208. The molecule has 1 heterocycles. The Bertz CT molecular complexity index is 424. The third-order valence-electron chi connectivity index (χ3n) is 2.49. The fourth-order valence-electron chi connectivity index (χ4n) is 1.37. The first-order chi connectivity index (χ1) is 7.87. The molecular weight excluding hydrogens is 258 g/mol. The highest BCUT2D eigenvalue weighted by Gasteiger charge is 2.23. The van der Waals surface area contributed by atoms with Crippen LogP contribution < -0.4 is 4.72 Å². The molecule has 0 spiro atoms. The first-order valence-electron chi connectivity index (χ1n) is 5.49. The van der Waals surface area contributed by atoms with Gasteiger partial charge in [0, 0.05) is 23.4 Å². The molecule has 0 saturated carbocycles. The number of hydrogen-bond acceptors (Lipinski definition) is 4. The minimum absolute atomic E-state index is 0.0238. The maximum absolute atomic E-state index is 11.6. The van der Waals surface area contributed by atoms with Crippen molar-refractivity contribution in [1.82, 2.24) is 4.72 Å². The Hall–Kier alpha value is -0.430. The minimum atomic E-state index is -3.27. The maximum atomic E-state index is 11.6. The Morgan fingerprint density at radius 1 is 1.47 bits per heavy atom. The third-order valence-corrected chi connectivity index (χ3v) is 5.14. The van der Waals surface area contributed by atoms with Crippen molar-refractivity contribution in [2.75, 3.05) is 18.9 Å². The average molecular weight is 277 g/mol. The molecule has 0 aliphatic rings. The van der Waals surface area contributed by atoms with Gasteiger partial charge in [-0.3, -0.25) is 0 Å². The van der Waals surface area contributed by atoms with Crippen molar-refractivity contribution in [1.29, 1.82) is 0 Å². The molecule has 0 aliphatic heterocycles. The van der Waals surface area contributed by atoms with E-state index in [4.69, 9.17) is 5.11 Å². The highest BCUT2D eigenvalue weighted by Crippen LogP contribution is 2.26.